The van der Waals surface area contributed by atoms with Crippen molar-refractivity contribution in [3.05, 3.63) is 71.1 Å². The van der Waals surface area contributed by atoms with Crippen molar-refractivity contribution in [2.75, 3.05) is 12.0 Å². The van der Waals surface area contributed by atoms with Gasteiger partial charge in [0.05, 0.1) is 24.2 Å². The zero-order valence-corrected chi connectivity index (χ0v) is 18.9. The standard InChI is InChI=1S/C22H19N3O2S3/c1-15(26)25(19-10-6-7-11-20(19)27-2)21-23-17(12-28-21)13-29-22-24-18(14-30-22)16-8-4-3-5-9-16/h3-12,14H,13H2,1-2H3. The highest BCUT2D eigenvalue weighted by molar-refractivity contribution is 8.00. The van der Waals surface area contributed by atoms with Gasteiger partial charge in [0.1, 0.15) is 5.75 Å². The maximum absolute atomic E-state index is 12.4. The Labute approximate surface area is 187 Å². The summed E-state index contributed by atoms with van der Waals surface area (Å²) in [5.41, 5.74) is 3.71. The van der Waals surface area contributed by atoms with Crippen LogP contribution < -0.4 is 9.64 Å². The van der Waals surface area contributed by atoms with Gasteiger partial charge in [0.2, 0.25) is 5.91 Å². The van der Waals surface area contributed by atoms with E-state index in [0.717, 1.165) is 21.3 Å². The van der Waals surface area contributed by atoms with Crippen LogP contribution in [0.1, 0.15) is 12.6 Å². The van der Waals surface area contributed by atoms with Gasteiger partial charge in [-0.05, 0) is 12.1 Å². The first-order valence-electron chi connectivity index (χ1n) is 9.17. The van der Waals surface area contributed by atoms with Crippen molar-refractivity contribution in [1.29, 1.82) is 0 Å². The Hall–Kier alpha value is -2.68. The predicted molar refractivity (Wildman–Crippen MR) is 125 cm³/mol. The summed E-state index contributed by atoms with van der Waals surface area (Å²) in [7, 11) is 1.60. The summed E-state index contributed by atoms with van der Waals surface area (Å²) in [6, 6.07) is 17.6. The van der Waals surface area contributed by atoms with Crippen LogP contribution in [0.15, 0.2) is 69.7 Å². The lowest BCUT2D eigenvalue weighted by molar-refractivity contribution is -0.115. The van der Waals surface area contributed by atoms with E-state index in [1.165, 1.54) is 18.3 Å². The number of benzene rings is 2. The SMILES string of the molecule is COc1ccccc1N(C(C)=O)c1nc(CSc2nc(-c3ccccc3)cs2)cs1. The van der Waals surface area contributed by atoms with E-state index in [1.807, 2.05) is 47.8 Å². The number of carbonyl (C=O) groups is 1. The summed E-state index contributed by atoms with van der Waals surface area (Å²) < 4.78 is 6.42. The average molecular weight is 454 g/mol. The zero-order valence-electron chi connectivity index (χ0n) is 16.4. The number of thioether (sulfide) groups is 1. The molecule has 2 aromatic heterocycles. The van der Waals surface area contributed by atoms with E-state index in [9.17, 15) is 4.79 Å². The molecule has 152 valence electrons. The molecule has 1 amide bonds. The summed E-state index contributed by atoms with van der Waals surface area (Å²) in [4.78, 5) is 23.4. The van der Waals surface area contributed by atoms with E-state index in [1.54, 1.807) is 35.1 Å². The van der Waals surface area contributed by atoms with Crippen molar-refractivity contribution >= 4 is 51.2 Å². The number of thiazole rings is 2. The van der Waals surface area contributed by atoms with Crippen molar-refractivity contribution in [3.63, 3.8) is 0 Å². The van der Waals surface area contributed by atoms with E-state index >= 15 is 0 Å². The first-order valence-corrected chi connectivity index (χ1v) is 11.9. The molecule has 5 nitrogen and oxygen atoms in total. The molecule has 0 unspecified atom stereocenters. The van der Waals surface area contributed by atoms with Crippen LogP contribution in [0.4, 0.5) is 10.8 Å². The summed E-state index contributed by atoms with van der Waals surface area (Å²) in [6.45, 7) is 1.53. The van der Waals surface area contributed by atoms with Crippen molar-refractivity contribution in [1.82, 2.24) is 9.97 Å². The maximum atomic E-state index is 12.4. The molecule has 0 spiro atoms. The molecule has 0 aliphatic carbocycles. The van der Waals surface area contributed by atoms with Gasteiger partial charge in [0.25, 0.3) is 0 Å². The fraction of sp³-hybridized carbons (Fsp3) is 0.136. The number of hydrogen-bond donors (Lipinski definition) is 0. The number of amides is 1. The molecule has 8 heteroatoms. The summed E-state index contributed by atoms with van der Waals surface area (Å²) >= 11 is 4.72. The second kappa shape index (κ2) is 9.42. The Balaban J connectivity index is 1.48. The molecule has 4 aromatic rings. The molecule has 0 bridgehead atoms. The summed E-state index contributed by atoms with van der Waals surface area (Å²) in [6.07, 6.45) is 0. The Bertz CT molecular complexity index is 1140. The molecule has 0 aliphatic rings. The van der Waals surface area contributed by atoms with Crippen LogP contribution in [0.2, 0.25) is 0 Å². The highest BCUT2D eigenvalue weighted by Gasteiger charge is 2.21. The van der Waals surface area contributed by atoms with Crippen LogP contribution in [0.3, 0.4) is 0 Å². The van der Waals surface area contributed by atoms with Crippen molar-refractivity contribution in [2.45, 2.75) is 17.0 Å². The average Bonchev–Trinajstić information content (AvgIpc) is 3.43. The first kappa shape index (κ1) is 20.6. The van der Waals surface area contributed by atoms with Gasteiger partial charge in [-0.3, -0.25) is 9.69 Å². The molecule has 2 heterocycles. The Morgan fingerprint density at radius 2 is 1.80 bits per heavy atom. The van der Waals surface area contributed by atoms with Gasteiger partial charge in [0.15, 0.2) is 9.47 Å². The second-order valence-electron chi connectivity index (χ2n) is 6.30. The smallest absolute Gasteiger partial charge is 0.230 e. The van der Waals surface area contributed by atoms with Crippen molar-refractivity contribution in [3.8, 4) is 17.0 Å². The lowest BCUT2D eigenvalue weighted by Gasteiger charge is -2.20. The molecular formula is C22H19N3O2S3. The lowest BCUT2D eigenvalue weighted by atomic mass is 10.2. The van der Waals surface area contributed by atoms with Crippen LogP contribution in [-0.2, 0) is 10.5 Å². The number of hydrogen-bond acceptors (Lipinski definition) is 7. The van der Waals surface area contributed by atoms with Gasteiger partial charge in [-0.1, -0.05) is 54.2 Å². The van der Waals surface area contributed by atoms with Gasteiger partial charge in [0, 0.05) is 29.0 Å². The number of nitrogens with zero attached hydrogens (tertiary/aromatic N) is 3. The van der Waals surface area contributed by atoms with Crippen LogP contribution in [0.5, 0.6) is 5.75 Å². The minimum absolute atomic E-state index is 0.111. The minimum Gasteiger partial charge on any atom is -0.495 e. The van der Waals surface area contributed by atoms with Crippen LogP contribution in [-0.4, -0.2) is 23.0 Å². The van der Waals surface area contributed by atoms with E-state index < -0.39 is 0 Å². The van der Waals surface area contributed by atoms with Crippen molar-refractivity contribution < 1.29 is 9.53 Å². The van der Waals surface area contributed by atoms with Gasteiger partial charge < -0.3 is 4.74 Å². The van der Waals surface area contributed by atoms with E-state index in [4.69, 9.17) is 9.72 Å². The third kappa shape index (κ3) is 4.56. The maximum Gasteiger partial charge on any atom is 0.230 e. The lowest BCUT2D eigenvalue weighted by Crippen LogP contribution is -2.23. The van der Waals surface area contributed by atoms with Crippen molar-refractivity contribution in [2.24, 2.45) is 0 Å². The molecule has 0 saturated carbocycles. The Kier molecular flexibility index (Phi) is 6.47. The van der Waals surface area contributed by atoms with Gasteiger partial charge in [-0.15, -0.1) is 22.7 Å². The molecule has 0 radical (unpaired) electrons. The molecule has 0 aliphatic heterocycles. The molecular weight excluding hydrogens is 434 g/mol. The van der Waals surface area contributed by atoms with Crippen LogP contribution >= 0.6 is 34.4 Å². The minimum atomic E-state index is -0.111. The number of aromatic nitrogens is 2. The van der Waals surface area contributed by atoms with Crippen LogP contribution in [0.25, 0.3) is 11.3 Å². The van der Waals surface area contributed by atoms with Gasteiger partial charge in [-0.25, -0.2) is 9.97 Å². The molecule has 0 N–H and O–H groups in total. The molecule has 30 heavy (non-hydrogen) atoms. The summed E-state index contributed by atoms with van der Waals surface area (Å²) in [5.74, 6) is 1.21. The molecule has 2 aromatic carbocycles. The van der Waals surface area contributed by atoms with Gasteiger partial charge >= 0.3 is 0 Å². The third-order valence-corrected chi connectivity index (χ3v) is 7.20. The number of carbonyl (C=O) groups excluding carboxylic acids is 1. The molecule has 4 rings (SSSR count). The second-order valence-corrected chi connectivity index (χ2v) is 9.22. The molecule has 0 saturated heterocycles. The Morgan fingerprint density at radius 3 is 2.57 bits per heavy atom. The topological polar surface area (TPSA) is 55.3 Å². The first-order chi connectivity index (χ1) is 14.7. The zero-order chi connectivity index (χ0) is 20.9. The predicted octanol–water partition coefficient (Wildman–Crippen LogP) is 6.25. The quantitative estimate of drug-likeness (QED) is 0.310. The van der Waals surface area contributed by atoms with E-state index in [0.29, 0.717) is 22.3 Å². The number of methoxy groups -OCH3 is 1. The third-order valence-electron chi connectivity index (χ3n) is 4.27. The number of rotatable bonds is 7. The fourth-order valence-electron chi connectivity index (χ4n) is 2.89. The van der Waals surface area contributed by atoms with Crippen LogP contribution in [0, 0.1) is 0 Å². The highest BCUT2D eigenvalue weighted by atomic mass is 32.2. The van der Waals surface area contributed by atoms with E-state index in [-0.39, 0.29) is 5.91 Å². The number of anilines is 2. The molecule has 0 fully saturated rings. The number of ether oxygens (including phenoxy) is 1. The normalized spacial score (nSPS) is 10.7. The van der Waals surface area contributed by atoms with Gasteiger partial charge in [-0.2, -0.15) is 0 Å². The monoisotopic (exact) mass is 453 g/mol. The number of para-hydroxylation sites is 2. The molecule has 0 atom stereocenters. The fourth-order valence-corrected chi connectivity index (χ4v) is 5.60. The largest absolute Gasteiger partial charge is 0.495 e. The van der Waals surface area contributed by atoms with E-state index in [2.05, 4.69) is 22.5 Å². The summed E-state index contributed by atoms with van der Waals surface area (Å²) in [5, 5.41) is 4.69. The Morgan fingerprint density at radius 1 is 1.03 bits per heavy atom. The highest BCUT2D eigenvalue weighted by Crippen LogP contribution is 2.36.